The molecule has 5 nitrogen and oxygen atoms in total. The van der Waals surface area contributed by atoms with Crippen molar-refractivity contribution in [1.82, 2.24) is 9.55 Å². The third-order valence-electron chi connectivity index (χ3n) is 4.80. The van der Waals surface area contributed by atoms with E-state index in [-0.39, 0.29) is 5.56 Å². The van der Waals surface area contributed by atoms with Crippen molar-refractivity contribution in [2.75, 3.05) is 6.61 Å². The van der Waals surface area contributed by atoms with Crippen LogP contribution in [0.1, 0.15) is 12.8 Å². The Bertz CT molecular complexity index is 1080. The van der Waals surface area contributed by atoms with Crippen LogP contribution >= 0.6 is 0 Å². The van der Waals surface area contributed by atoms with Crippen LogP contribution < -0.4 is 15.6 Å². The van der Waals surface area contributed by atoms with Gasteiger partial charge in [0.15, 0.2) is 0 Å². The van der Waals surface area contributed by atoms with Gasteiger partial charge in [-0.15, -0.1) is 0 Å². The Kier molecular flexibility index (Phi) is 4.57. The summed E-state index contributed by atoms with van der Waals surface area (Å²) in [6.07, 6.45) is 3.97. The van der Waals surface area contributed by atoms with E-state index >= 15 is 0 Å². The fourth-order valence-corrected chi connectivity index (χ4v) is 3.67. The van der Waals surface area contributed by atoms with Crippen molar-refractivity contribution >= 4 is 25.1 Å². The minimum absolute atomic E-state index is 0.201. The van der Waals surface area contributed by atoms with E-state index in [4.69, 9.17) is 4.74 Å². The minimum atomic E-state index is -1.76. The van der Waals surface area contributed by atoms with Gasteiger partial charge >= 0.3 is 0 Å². The summed E-state index contributed by atoms with van der Waals surface area (Å²) in [6, 6.07) is 7.70. The van der Waals surface area contributed by atoms with Gasteiger partial charge in [0.1, 0.15) is 17.3 Å². The van der Waals surface area contributed by atoms with Gasteiger partial charge in [-0.05, 0) is 55.6 Å². The van der Waals surface area contributed by atoms with Gasteiger partial charge in [0, 0.05) is 29.6 Å². The van der Waals surface area contributed by atoms with E-state index in [0.29, 0.717) is 45.6 Å². The molecule has 0 bridgehead atoms. The number of nitrogens with zero attached hydrogens (tertiary/aromatic N) is 2. The number of rotatable bonds is 5. The van der Waals surface area contributed by atoms with Crippen molar-refractivity contribution in [3.63, 3.8) is 0 Å². The first-order valence-electron chi connectivity index (χ1n) is 8.90. The van der Waals surface area contributed by atoms with Crippen molar-refractivity contribution in [2.45, 2.75) is 19.4 Å². The second-order valence-electron chi connectivity index (χ2n) is 7.03. The van der Waals surface area contributed by atoms with E-state index in [2.05, 4.69) is 4.98 Å². The summed E-state index contributed by atoms with van der Waals surface area (Å²) in [7, 11) is -0.107. The first-order chi connectivity index (χ1) is 12.9. The van der Waals surface area contributed by atoms with Crippen LogP contribution in [0.3, 0.4) is 0 Å². The number of hydrogen-bond acceptors (Lipinski definition) is 4. The molecule has 27 heavy (non-hydrogen) atoms. The van der Waals surface area contributed by atoms with Crippen LogP contribution in [0.15, 0.2) is 41.3 Å². The highest BCUT2D eigenvalue weighted by molar-refractivity contribution is 6.63. The Morgan fingerprint density at radius 1 is 1.30 bits per heavy atom. The molecule has 0 unspecified atom stereocenters. The van der Waals surface area contributed by atoms with E-state index in [1.54, 1.807) is 31.9 Å². The molecule has 1 N–H and O–H groups in total. The Balaban J connectivity index is 1.95. The predicted molar refractivity (Wildman–Crippen MR) is 104 cm³/mol. The number of halogens is 1. The van der Waals surface area contributed by atoms with E-state index < -0.39 is 14.9 Å². The van der Waals surface area contributed by atoms with Crippen LogP contribution in [0, 0.1) is 11.7 Å². The zero-order valence-corrected chi connectivity index (χ0v) is 16.2. The second-order valence-corrected chi connectivity index (χ2v) is 8.71. The molecular formula is C20H20FN2O3Si. The molecule has 4 rings (SSSR count). The van der Waals surface area contributed by atoms with Crippen LogP contribution in [-0.2, 0) is 7.05 Å². The van der Waals surface area contributed by atoms with Gasteiger partial charge in [0.25, 0.3) is 14.6 Å². The number of fused-ring (bicyclic) bond motifs is 1. The lowest BCUT2D eigenvalue weighted by Crippen LogP contribution is -2.29. The molecule has 2 heterocycles. The molecule has 0 saturated heterocycles. The molecule has 139 valence electrons. The van der Waals surface area contributed by atoms with Crippen molar-refractivity contribution in [3.05, 3.63) is 52.7 Å². The van der Waals surface area contributed by atoms with Crippen molar-refractivity contribution in [1.29, 1.82) is 0 Å². The quantitative estimate of drug-likeness (QED) is 0.687. The molecule has 1 aliphatic carbocycles. The Hall–Kier alpha value is -2.51. The first kappa shape index (κ1) is 17.9. The van der Waals surface area contributed by atoms with E-state index in [9.17, 15) is 14.0 Å². The summed E-state index contributed by atoms with van der Waals surface area (Å²) in [5, 5.41) is 1.50. The SMILES string of the molecule is Cn1cc(-c2nc([Si](C)O)ccc2OCC2CC2)c2cc(F)ccc2c1=O. The number of ether oxygens (including phenoxy) is 1. The first-order valence-corrected chi connectivity index (χ1v) is 10.8. The molecule has 1 aliphatic rings. The summed E-state index contributed by atoms with van der Waals surface area (Å²) >= 11 is 0. The lowest BCUT2D eigenvalue weighted by molar-refractivity contribution is 0.300. The van der Waals surface area contributed by atoms with Gasteiger partial charge in [0.05, 0.1) is 11.9 Å². The molecule has 1 fully saturated rings. The van der Waals surface area contributed by atoms with Crippen molar-refractivity contribution in [2.24, 2.45) is 13.0 Å². The summed E-state index contributed by atoms with van der Waals surface area (Å²) in [4.78, 5) is 27.1. The summed E-state index contributed by atoms with van der Waals surface area (Å²) in [6.45, 7) is 2.34. The zero-order valence-electron chi connectivity index (χ0n) is 15.2. The number of benzene rings is 1. The molecule has 2 aromatic heterocycles. The van der Waals surface area contributed by atoms with Gasteiger partial charge in [-0.2, -0.15) is 0 Å². The monoisotopic (exact) mass is 383 g/mol. The zero-order chi connectivity index (χ0) is 19.1. The molecular weight excluding hydrogens is 363 g/mol. The average molecular weight is 383 g/mol. The van der Waals surface area contributed by atoms with E-state index in [1.807, 2.05) is 0 Å². The molecule has 0 aliphatic heterocycles. The highest BCUT2D eigenvalue weighted by atomic mass is 28.3. The molecule has 1 aromatic carbocycles. The van der Waals surface area contributed by atoms with E-state index in [0.717, 1.165) is 12.8 Å². The van der Waals surface area contributed by atoms with E-state index in [1.165, 1.54) is 22.8 Å². The molecule has 0 amide bonds. The standard InChI is InChI=1S/C20H20FN2O3Si/c1-23-10-16(15-9-13(21)5-6-14(15)20(23)24)19-17(26-11-12-3-4-12)7-8-18(22-19)27(2)25/h5-10,12,25H,3-4,11H2,1-2H3. The lowest BCUT2D eigenvalue weighted by atomic mass is 10.0. The minimum Gasteiger partial charge on any atom is -0.491 e. The highest BCUT2D eigenvalue weighted by Crippen LogP contribution is 2.34. The normalized spacial score (nSPS) is 14.1. The number of aryl methyl sites for hydroxylation is 1. The molecule has 0 spiro atoms. The molecule has 1 saturated carbocycles. The van der Waals surface area contributed by atoms with Crippen LogP contribution in [0.5, 0.6) is 5.75 Å². The van der Waals surface area contributed by atoms with Gasteiger partial charge < -0.3 is 14.1 Å². The Morgan fingerprint density at radius 3 is 2.78 bits per heavy atom. The summed E-state index contributed by atoms with van der Waals surface area (Å²) in [5.41, 5.74) is 0.938. The third kappa shape index (κ3) is 3.52. The average Bonchev–Trinajstić information content (AvgIpc) is 3.47. The highest BCUT2D eigenvalue weighted by Gasteiger charge is 2.24. The summed E-state index contributed by atoms with van der Waals surface area (Å²) in [5.74, 6) is 0.726. The largest absolute Gasteiger partial charge is 0.491 e. The fraction of sp³-hybridized carbons (Fsp3) is 0.300. The number of pyridine rings is 2. The van der Waals surface area contributed by atoms with Crippen LogP contribution in [0.25, 0.3) is 22.0 Å². The third-order valence-corrected chi connectivity index (χ3v) is 5.82. The molecule has 3 aromatic rings. The Morgan fingerprint density at radius 2 is 2.07 bits per heavy atom. The topological polar surface area (TPSA) is 64.3 Å². The Labute approximate surface area is 157 Å². The number of aromatic nitrogens is 2. The van der Waals surface area contributed by atoms with Gasteiger partial charge in [0.2, 0.25) is 0 Å². The van der Waals surface area contributed by atoms with Crippen LogP contribution in [-0.4, -0.2) is 30.0 Å². The maximum absolute atomic E-state index is 13.9. The smallest absolute Gasteiger partial charge is 0.260 e. The van der Waals surface area contributed by atoms with Crippen LogP contribution in [0.2, 0.25) is 6.55 Å². The lowest BCUT2D eigenvalue weighted by Gasteiger charge is -2.15. The maximum atomic E-state index is 13.9. The van der Waals surface area contributed by atoms with Gasteiger partial charge in [-0.3, -0.25) is 9.78 Å². The van der Waals surface area contributed by atoms with Crippen molar-refractivity contribution in [3.8, 4) is 17.0 Å². The van der Waals surface area contributed by atoms with Crippen LogP contribution in [0.4, 0.5) is 4.39 Å². The maximum Gasteiger partial charge on any atom is 0.260 e. The fourth-order valence-electron chi connectivity index (χ4n) is 3.08. The van der Waals surface area contributed by atoms with Crippen molar-refractivity contribution < 1.29 is 13.9 Å². The number of hydrogen-bond donors (Lipinski definition) is 1. The predicted octanol–water partition coefficient (Wildman–Crippen LogP) is 2.35. The second kappa shape index (κ2) is 6.90. The summed E-state index contributed by atoms with van der Waals surface area (Å²) < 4.78 is 21.4. The van der Waals surface area contributed by atoms with Gasteiger partial charge in [-0.25, -0.2) is 4.39 Å². The molecule has 0 atom stereocenters. The van der Waals surface area contributed by atoms with Gasteiger partial charge in [-0.1, -0.05) is 0 Å². The molecule has 1 radical (unpaired) electrons. The molecule has 7 heteroatoms.